The highest BCUT2D eigenvalue weighted by molar-refractivity contribution is 7.50. The summed E-state index contributed by atoms with van der Waals surface area (Å²) >= 11 is 0. The van der Waals surface area contributed by atoms with Crippen LogP contribution in [0.2, 0.25) is 0 Å². The SMILES string of the molecule is O=c1[nH]c2cc(-n3cncn3)c(C(F)(F)F)cc2n2c(CP(=O)(O)O)nnc12. The summed E-state index contributed by atoms with van der Waals surface area (Å²) in [4.78, 5) is 36.6. The molecule has 0 aliphatic carbocycles. The van der Waals surface area contributed by atoms with Crippen LogP contribution < -0.4 is 5.56 Å². The predicted molar refractivity (Wildman–Crippen MR) is 86.8 cm³/mol. The standard InChI is InChI=1S/C13H9F3N7O4P/c14-13(15,16)6-1-9-7(2-8(6)22-5-17-4-18-22)19-12(24)11-21-20-10(23(9)11)3-28(25,26)27/h1-2,4-5H,3H2,(H,19,24)(H2,25,26,27). The summed E-state index contributed by atoms with van der Waals surface area (Å²) in [5.41, 5.74) is -2.90. The number of rotatable bonds is 3. The quantitative estimate of drug-likeness (QED) is 0.417. The number of nitrogens with one attached hydrogen (secondary N) is 1. The Labute approximate surface area is 151 Å². The maximum Gasteiger partial charge on any atom is 0.418 e. The number of benzene rings is 1. The first-order valence-corrected chi connectivity index (χ1v) is 9.25. The van der Waals surface area contributed by atoms with Gasteiger partial charge in [-0.2, -0.15) is 18.3 Å². The molecule has 0 amide bonds. The molecule has 28 heavy (non-hydrogen) atoms. The van der Waals surface area contributed by atoms with E-state index in [0.29, 0.717) is 0 Å². The lowest BCUT2D eigenvalue weighted by Gasteiger charge is -2.15. The molecule has 0 saturated carbocycles. The Morgan fingerprint density at radius 3 is 2.57 bits per heavy atom. The third-order valence-electron chi connectivity index (χ3n) is 3.85. The zero-order valence-electron chi connectivity index (χ0n) is 13.5. The molecule has 0 atom stereocenters. The average molecular weight is 415 g/mol. The lowest BCUT2D eigenvalue weighted by Crippen LogP contribution is -2.16. The largest absolute Gasteiger partial charge is 0.418 e. The summed E-state index contributed by atoms with van der Waals surface area (Å²) in [6.07, 6.45) is -3.59. The van der Waals surface area contributed by atoms with Gasteiger partial charge in [0.1, 0.15) is 24.6 Å². The van der Waals surface area contributed by atoms with E-state index in [-0.39, 0.29) is 16.9 Å². The van der Waals surface area contributed by atoms with Crippen molar-refractivity contribution in [2.75, 3.05) is 0 Å². The smallest absolute Gasteiger partial charge is 0.324 e. The molecule has 3 N–H and O–H groups in total. The summed E-state index contributed by atoms with van der Waals surface area (Å²) in [7, 11) is -4.63. The number of aromatic amines is 1. The first kappa shape index (κ1) is 18.3. The lowest BCUT2D eigenvalue weighted by atomic mass is 10.1. The Morgan fingerprint density at radius 2 is 1.96 bits per heavy atom. The highest BCUT2D eigenvalue weighted by Crippen LogP contribution is 2.39. The number of H-pyrrole nitrogens is 1. The van der Waals surface area contributed by atoms with Crippen LogP contribution in [0, 0.1) is 0 Å². The van der Waals surface area contributed by atoms with Crippen molar-refractivity contribution in [1.29, 1.82) is 0 Å². The molecule has 15 heteroatoms. The molecule has 4 rings (SSSR count). The van der Waals surface area contributed by atoms with Crippen molar-refractivity contribution >= 4 is 24.3 Å². The second-order valence-electron chi connectivity index (χ2n) is 5.78. The Kier molecular flexibility index (Phi) is 3.89. The van der Waals surface area contributed by atoms with Crippen molar-refractivity contribution in [1.82, 2.24) is 34.3 Å². The molecular formula is C13H9F3N7O4P. The van der Waals surface area contributed by atoms with E-state index in [2.05, 4.69) is 25.3 Å². The average Bonchev–Trinajstić information content (AvgIpc) is 3.22. The molecule has 0 aliphatic heterocycles. The van der Waals surface area contributed by atoms with E-state index in [1.807, 2.05) is 0 Å². The van der Waals surface area contributed by atoms with Gasteiger partial charge in [-0.25, -0.2) is 9.67 Å². The minimum atomic E-state index is -4.80. The van der Waals surface area contributed by atoms with Crippen molar-refractivity contribution in [3.05, 3.63) is 46.5 Å². The molecule has 3 heterocycles. The number of hydrogen-bond donors (Lipinski definition) is 3. The third kappa shape index (κ3) is 3.06. The van der Waals surface area contributed by atoms with Crippen LogP contribution in [0.4, 0.5) is 13.2 Å². The first-order chi connectivity index (χ1) is 13.0. The second-order valence-corrected chi connectivity index (χ2v) is 7.42. The molecule has 0 radical (unpaired) electrons. The lowest BCUT2D eigenvalue weighted by molar-refractivity contribution is -0.137. The van der Waals surface area contributed by atoms with Gasteiger partial charge < -0.3 is 14.8 Å². The van der Waals surface area contributed by atoms with Gasteiger partial charge >= 0.3 is 13.8 Å². The van der Waals surface area contributed by atoms with Gasteiger partial charge in [-0.05, 0) is 12.1 Å². The Hall–Kier alpha value is -3.09. The number of alkyl halides is 3. The molecule has 0 saturated heterocycles. The van der Waals surface area contributed by atoms with Crippen LogP contribution in [0.3, 0.4) is 0 Å². The van der Waals surface area contributed by atoms with E-state index >= 15 is 0 Å². The summed E-state index contributed by atoms with van der Waals surface area (Å²) in [6, 6.07) is 1.76. The van der Waals surface area contributed by atoms with E-state index in [9.17, 15) is 32.3 Å². The van der Waals surface area contributed by atoms with Gasteiger partial charge in [-0.3, -0.25) is 13.8 Å². The van der Waals surface area contributed by atoms with Crippen molar-refractivity contribution in [2.24, 2.45) is 0 Å². The molecule has 0 spiro atoms. The van der Waals surface area contributed by atoms with Gasteiger partial charge in [-0.15, -0.1) is 10.2 Å². The minimum Gasteiger partial charge on any atom is -0.324 e. The minimum absolute atomic E-state index is 0.0391. The monoisotopic (exact) mass is 415 g/mol. The van der Waals surface area contributed by atoms with Crippen LogP contribution in [-0.4, -0.2) is 44.1 Å². The molecule has 11 nitrogen and oxygen atoms in total. The van der Waals surface area contributed by atoms with Crippen LogP contribution in [0.25, 0.3) is 22.4 Å². The molecule has 146 valence electrons. The third-order valence-corrected chi connectivity index (χ3v) is 4.55. The summed E-state index contributed by atoms with van der Waals surface area (Å²) in [5, 5.41) is 10.8. The molecule has 3 aromatic heterocycles. The number of hydrogen-bond acceptors (Lipinski definition) is 6. The second kappa shape index (κ2) is 5.95. The maximum atomic E-state index is 13.6. The number of aromatic nitrogens is 7. The van der Waals surface area contributed by atoms with Gasteiger partial charge in [0.25, 0.3) is 5.56 Å². The normalized spacial score (nSPS) is 12.9. The fraction of sp³-hybridized carbons (Fsp3) is 0.154. The molecule has 0 aliphatic rings. The highest BCUT2D eigenvalue weighted by Gasteiger charge is 2.35. The summed E-state index contributed by atoms with van der Waals surface area (Å²) in [6.45, 7) is 0. The van der Waals surface area contributed by atoms with E-state index < -0.39 is 42.4 Å². The van der Waals surface area contributed by atoms with E-state index in [1.54, 1.807) is 0 Å². The van der Waals surface area contributed by atoms with E-state index in [0.717, 1.165) is 33.9 Å². The summed E-state index contributed by atoms with van der Waals surface area (Å²) < 4.78 is 54.0. The topological polar surface area (TPSA) is 151 Å². The van der Waals surface area contributed by atoms with Gasteiger partial charge in [-0.1, -0.05) is 0 Å². The fourth-order valence-corrected chi connectivity index (χ4v) is 3.37. The molecule has 4 aromatic rings. The summed E-state index contributed by atoms with van der Waals surface area (Å²) in [5.74, 6) is -0.346. The van der Waals surface area contributed by atoms with E-state index in [4.69, 9.17) is 0 Å². The van der Waals surface area contributed by atoms with Crippen LogP contribution in [0.1, 0.15) is 11.4 Å². The van der Waals surface area contributed by atoms with Crippen molar-refractivity contribution in [2.45, 2.75) is 12.3 Å². The van der Waals surface area contributed by atoms with Crippen LogP contribution in [0.15, 0.2) is 29.6 Å². The Balaban J connectivity index is 2.13. The van der Waals surface area contributed by atoms with Crippen LogP contribution >= 0.6 is 7.60 Å². The van der Waals surface area contributed by atoms with Crippen molar-refractivity contribution in [3.8, 4) is 5.69 Å². The Morgan fingerprint density at radius 1 is 1.21 bits per heavy atom. The molecular weight excluding hydrogens is 406 g/mol. The van der Waals surface area contributed by atoms with Crippen LogP contribution in [-0.2, 0) is 16.9 Å². The van der Waals surface area contributed by atoms with Crippen molar-refractivity contribution in [3.63, 3.8) is 0 Å². The zero-order valence-corrected chi connectivity index (χ0v) is 14.4. The van der Waals surface area contributed by atoms with E-state index in [1.165, 1.54) is 0 Å². The van der Waals surface area contributed by atoms with Gasteiger partial charge in [0.05, 0.1) is 22.3 Å². The molecule has 0 bridgehead atoms. The first-order valence-electron chi connectivity index (χ1n) is 7.45. The molecule has 1 aromatic carbocycles. The fourth-order valence-electron chi connectivity index (χ4n) is 2.79. The maximum absolute atomic E-state index is 13.6. The number of fused-ring (bicyclic) bond motifs is 3. The highest BCUT2D eigenvalue weighted by atomic mass is 31.2. The number of halogens is 3. The molecule has 0 unspecified atom stereocenters. The van der Waals surface area contributed by atoms with Crippen molar-refractivity contribution < 1.29 is 27.5 Å². The van der Waals surface area contributed by atoms with Gasteiger partial charge in [0, 0.05) is 0 Å². The zero-order chi connectivity index (χ0) is 20.3. The number of nitrogens with zero attached hydrogens (tertiary/aromatic N) is 6. The van der Waals surface area contributed by atoms with Gasteiger partial charge in [0.2, 0.25) is 5.65 Å². The predicted octanol–water partition coefficient (Wildman–Crippen LogP) is 0.848. The Bertz CT molecular complexity index is 1310. The van der Waals surface area contributed by atoms with Crippen LogP contribution in [0.5, 0.6) is 0 Å². The molecule has 0 fully saturated rings. The van der Waals surface area contributed by atoms with Gasteiger partial charge in [0.15, 0.2) is 0 Å².